The van der Waals surface area contributed by atoms with Crippen LogP contribution in [0.4, 0.5) is 0 Å². The summed E-state index contributed by atoms with van der Waals surface area (Å²) < 4.78 is 34.1. The Kier molecular flexibility index (Phi) is 4.35. The zero-order valence-electron chi connectivity index (χ0n) is 16.2. The van der Waals surface area contributed by atoms with Crippen molar-refractivity contribution in [2.45, 2.75) is 51.0 Å². The van der Waals surface area contributed by atoms with Crippen LogP contribution < -0.4 is 4.74 Å². The van der Waals surface area contributed by atoms with Crippen LogP contribution in [-0.2, 0) is 10.0 Å². The van der Waals surface area contributed by atoms with Gasteiger partial charge in [0.15, 0.2) is 0 Å². The topological polar surface area (TPSA) is 46.6 Å². The summed E-state index contributed by atoms with van der Waals surface area (Å²) in [6.45, 7) is 7.35. The monoisotopic (exact) mass is 385 g/mol. The lowest BCUT2D eigenvalue weighted by Crippen LogP contribution is -2.37. The third-order valence-electron chi connectivity index (χ3n) is 5.78. The number of benzene rings is 2. The summed E-state index contributed by atoms with van der Waals surface area (Å²) in [4.78, 5) is 0.344. The van der Waals surface area contributed by atoms with Crippen LogP contribution in [0.5, 0.6) is 11.5 Å². The average Bonchev–Trinajstić information content (AvgIpc) is 2.86. The number of para-hydroxylation sites is 1. The molecule has 144 valence electrons. The molecule has 0 aromatic heterocycles. The van der Waals surface area contributed by atoms with E-state index in [1.54, 1.807) is 28.6 Å². The lowest BCUT2D eigenvalue weighted by molar-refractivity contribution is 0.133. The first-order valence-electron chi connectivity index (χ1n) is 9.52. The minimum absolute atomic E-state index is 0.0792. The van der Waals surface area contributed by atoms with Crippen LogP contribution in [0.3, 0.4) is 0 Å². The van der Waals surface area contributed by atoms with Gasteiger partial charge in [0.05, 0.1) is 4.90 Å². The van der Waals surface area contributed by atoms with E-state index >= 15 is 0 Å². The molecule has 2 bridgehead atoms. The molecule has 1 saturated heterocycles. The first-order chi connectivity index (χ1) is 12.7. The number of fused-ring (bicyclic) bond motifs is 2. The molecular weight excluding hydrogens is 358 g/mol. The molecule has 0 radical (unpaired) electrons. The molecule has 4 nitrogen and oxygen atoms in total. The molecule has 2 atom stereocenters. The van der Waals surface area contributed by atoms with E-state index in [-0.39, 0.29) is 16.9 Å². The third-order valence-corrected chi connectivity index (χ3v) is 7.69. The second-order valence-corrected chi connectivity index (χ2v) is 11.0. The predicted molar refractivity (Wildman–Crippen MR) is 106 cm³/mol. The van der Waals surface area contributed by atoms with Gasteiger partial charge in [-0.3, -0.25) is 0 Å². The summed E-state index contributed by atoms with van der Waals surface area (Å²) in [6, 6.07) is 16.4. The SMILES string of the molecule is CC1(C)CC2CC(C)(CN2S(=O)(=O)c2ccc(Oc3ccccc3)cc2)C1. The zero-order valence-corrected chi connectivity index (χ0v) is 17.0. The second-order valence-electron chi connectivity index (χ2n) is 9.15. The molecule has 27 heavy (non-hydrogen) atoms. The van der Waals surface area contributed by atoms with E-state index in [1.165, 1.54) is 0 Å². The standard InChI is InChI=1S/C22H27NO3S/c1-21(2)13-17-14-22(3,15-21)16-23(17)27(24,25)20-11-9-19(10-12-20)26-18-7-5-4-6-8-18/h4-12,17H,13-16H2,1-3H3. The Hall–Kier alpha value is -1.85. The number of hydrogen-bond acceptors (Lipinski definition) is 3. The molecule has 2 aromatic rings. The van der Waals surface area contributed by atoms with Crippen molar-refractivity contribution >= 4 is 10.0 Å². The zero-order chi connectivity index (χ0) is 19.3. The van der Waals surface area contributed by atoms with Gasteiger partial charge in [-0.05, 0) is 66.5 Å². The highest BCUT2D eigenvalue weighted by atomic mass is 32.2. The van der Waals surface area contributed by atoms with Crippen molar-refractivity contribution in [2.75, 3.05) is 6.54 Å². The van der Waals surface area contributed by atoms with Gasteiger partial charge in [0.1, 0.15) is 11.5 Å². The summed E-state index contributed by atoms with van der Waals surface area (Å²) in [5, 5.41) is 0. The third kappa shape index (κ3) is 3.63. The van der Waals surface area contributed by atoms with E-state index in [0.29, 0.717) is 17.2 Å². The van der Waals surface area contributed by atoms with Crippen LogP contribution in [0.2, 0.25) is 0 Å². The first kappa shape index (κ1) is 18.5. The van der Waals surface area contributed by atoms with E-state index in [1.807, 2.05) is 30.3 Å². The van der Waals surface area contributed by atoms with Gasteiger partial charge in [-0.1, -0.05) is 39.0 Å². The highest BCUT2D eigenvalue weighted by molar-refractivity contribution is 7.89. The molecule has 5 heteroatoms. The molecule has 2 aliphatic rings. The minimum Gasteiger partial charge on any atom is -0.457 e. The average molecular weight is 386 g/mol. The molecule has 1 aliphatic carbocycles. The van der Waals surface area contributed by atoms with E-state index in [0.717, 1.165) is 25.0 Å². The smallest absolute Gasteiger partial charge is 0.243 e. The maximum Gasteiger partial charge on any atom is 0.243 e. The second kappa shape index (κ2) is 6.35. The maximum atomic E-state index is 13.3. The summed E-state index contributed by atoms with van der Waals surface area (Å²) in [7, 11) is -3.49. The molecule has 1 heterocycles. The minimum atomic E-state index is -3.49. The first-order valence-corrected chi connectivity index (χ1v) is 11.0. The molecule has 0 amide bonds. The highest BCUT2D eigenvalue weighted by Crippen LogP contribution is 2.53. The van der Waals surface area contributed by atoms with Crippen molar-refractivity contribution in [3.05, 3.63) is 54.6 Å². The van der Waals surface area contributed by atoms with Gasteiger partial charge in [0.2, 0.25) is 10.0 Å². The Morgan fingerprint density at radius 2 is 1.56 bits per heavy atom. The molecule has 0 N–H and O–H groups in total. The van der Waals surface area contributed by atoms with E-state index in [9.17, 15) is 8.42 Å². The summed E-state index contributed by atoms with van der Waals surface area (Å²) >= 11 is 0. The van der Waals surface area contributed by atoms with Crippen molar-refractivity contribution in [1.82, 2.24) is 4.31 Å². The maximum absolute atomic E-state index is 13.3. The Morgan fingerprint density at radius 3 is 2.22 bits per heavy atom. The van der Waals surface area contributed by atoms with Gasteiger partial charge in [0.25, 0.3) is 0 Å². The van der Waals surface area contributed by atoms with Gasteiger partial charge >= 0.3 is 0 Å². The van der Waals surface area contributed by atoms with Crippen molar-refractivity contribution in [3.63, 3.8) is 0 Å². The fraction of sp³-hybridized carbons (Fsp3) is 0.455. The fourth-order valence-corrected chi connectivity index (χ4v) is 6.90. The Labute approximate surface area is 162 Å². The van der Waals surface area contributed by atoms with Crippen molar-refractivity contribution in [2.24, 2.45) is 10.8 Å². The molecule has 4 rings (SSSR count). The Balaban J connectivity index is 1.56. The molecule has 1 aliphatic heterocycles. The van der Waals surface area contributed by atoms with Crippen molar-refractivity contribution < 1.29 is 13.2 Å². The Bertz CT molecular complexity index is 922. The van der Waals surface area contributed by atoms with Crippen LogP contribution in [0.25, 0.3) is 0 Å². The van der Waals surface area contributed by atoms with E-state index in [4.69, 9.17) is 4.74 Å². The lowest BCUT2D eigenvalue weighted by atomic mass is 9.65. The molecule has 2 unspecified atom stereocenters. The van der Waals surface area contributed by atoms with Gasteiger partial charge in [-0.25, -0.2) is 8.42 Å². The molecular formula is C22H27NO3S. The quantitative estimate of drug-likeness (QED) is 0.738. The van der Waals surface area contributed by atoms with Crippen molar-refractivity contribution in [3.8, 4) is 11.5 Å². The van der Waals surface area contributed by atoms with Crippen LogP contribution in [-0.4, -0.2) is 25.3 Å². The lowest BCUT2D eigenvalue weighted by Gasteiger charge is -2.39. The van der Waals surface area contributed by atoms with E-state index < -0.39 is 10.0 Å². The van der Waals surface area contributed by atoms with Crippen LogP contribution in [0.15, 0.2) is 59.5 Å². The fourth-order valence-electron chi connectivity index (χ4n) is 5.13. The Morgan fingerprint density at radius 1 is 0.926 bits per heavy atom. The predicted octanol–water partition coefficient (Wildman–Crippen LogP) is 5.07. The van der Waals surface area contributed by atoms with Gasteiger partial charge < -0.3 is 4.74 Å². The van der Waals surface area contributed by atoms with Gasteiger partial charge in [-0.15, -0.1) is 0 Å². The van der Waals surface area contributed by atoms with Gasteiger partial charge in [-0.2, -0.15) is 4.31 Å². The largest absolute Gasteiger partial charge is 0.457 e. The summed E-state index contributed by atoms with van der Waals surface area (Å²) in [5.74, 6) is 1.37. The molecule has 2 aromatic carbocycles. The number of nitrogens with zero attached hydrogens (tertiary/aromatic N) is 1. The number of hydrogen-bond donors (Lipinski definition) is 0. The molecule has 1 saturated carbocycles. The van der Waals surface area contributed by atoms with Crippen LogP contribution in [0, 0.1) is 10.8 Å². The molecule has 2 fully saturated rings. The summed E-state index contributed by atoms with van der Waals surface area (Å²) in [6.07, 6.45) is 2.97. The van der Waals surface area contributed by atoms with E-state index in [2.05, 4.69) is 20.8 Å². The highest BCUT2D eigenvalue weighted by Gasteiger charge is 2.53. The van der Waals surface area contributed by atoms with Gasteiger partial charge in [0, 0.05) is 12.6 Å². The normalized spacial score (nSPS) is 27.4. The number of sulfonamides is 1. The summed E-state index contributed by atoms with van der Waals surface area (Å²) in [5.41, 5.74) is 0.269. The number of ether oxygens (including phenoxy) is 1. The van der Waals surface area contributed by atoms with Crippen molar-refractivity contribution in [1.29, 1.82) is 0 Å². The van der Waals surface area contributed by atoms with Crippen LogP contribution >= 0.6 is 0 Å². The molecule has 0 spiro atoms. The van der Waals surface area contributed by atoms with Crippen LogP contribution in [0.1, 0.15) is 40.0 Å². The number of rotatable bonds is 4.